The van der Waals surface area contributed by atoms with Gasteiger partial charge in [0.25, 0.3) is 0 Å². The molecule has 21 heavy (non-hydrogen) atoms. The van der Waals surface area contributed by atoms with Crippen LogP contribution in [0.4, 0.5) is 0 Å². The zero-order valence-corrected chi connectivity index (χ0v) is 12.5. The third-order valence-electron chi connectivity index (χ3n) is 4.03. The Bertz CT molecular complexity index is 488. The number of hydrogen-bond acceptors (Lipinski definition) is 5. The number of likely N-dealkylation sites (N-methyl/N-ethyl adjacent to an activating group) is 1. The highest BCUT2D eigenvalue weighted by molar-refractivity contribution is 5.89. The molecule has 0 radical (unpaired) electrons. The fourth-order valence-electron chi connectivity index (χ4n) is 2.64. The Balaban J connectivity index is 1.82. The molecule has 1 saturated heterocycles. The van der Waals surface area contributed by atoms with Crippen molar-refractivity contribution in [3.8, 4) is 0 Å². The topological polar surface area (TPSA) is 55.8 Å². The summed E-state index contributed by atoms with van der Waals surface area (Å²) in [5.41, 5.74) is 0.560. The van der Waals surface area contributed by atoms with Crippen LogP contribution >= 0.6 is 0 Å². The van der Waals surface area contributed by atoms with Gasteiger partial charge in [0.05, 0.1) is 19.1 Å². The van der Waals surface area contributed by atoms with Gasteiger partial charge in [-0.2, -0.15) is 0 Å². The van der Waals surface area contributed by atoms with E-state index >= 15 is 0 Å². The molecule has 114 valence electrons. The third kappa shape index (κ3) is 4.04. The number of ether oxygens (including phenoxy) is 2. The fourth-order valence-corrected chi connectivity index (χ4v) is 2.64. The van der Waals surface area contributed by atoms with Gasteiger partial charge in [-0.15, -0.1) is 0 Å². The zero-order chi connectivity index (χ0) is 15.2. The predicted octanol–water partition coefficient (Wildman–Crippen LogP) is 1.87. The molecule has 2 atom stereocenters. The average molecular weight is 291 g/mol. The van der Waals surface area contributed by atoms with Crippen LogP contribution < -0.4 is 0 Å². The van der Waals surface area contributed by atoms with Gasteiger partial charge in [-0.25, -0.2) is 4.79 Å². The standard InChI is InChI=1S/C16H21NO4/c1-17-13(10-15(18)20-2)8-9-14(17)11-21-16(19)12-6-4-3-5-7-12/h3-7,13-14H,8-11H2,1-2H3. The van der Waals surface area contributed by atoms with Gasteiger partial charge >= 0.3 is 11.9 Å². The Kier molecular flexibility index (Phi) is 5.33. The number of benzene rings is 1. The molecule has 1 aromatic carbocycles. The Morgan fingerprint density at radius 1 is 1.19 bits per heavy atom. The lowest BCUT2D eigenvalue weighted by atomic mass is 10.1. The number of likely N-dealkylation sites (tertiary alicyclic amines) is 1. The number of esters is 2. The highest BCUT2D eigenvalue weighted by Gasteiger charge is 2.32. The molecule has 0 spiro atoms. The second-order valence-electron chi connectivity index (χ2n) is 5.30. The van der Waals surface area contributed by atoms with Crippen LogP contribution in [0.15, 0.2) is 30.3 Å². The van der Waals surface area contributed by atoms with Crippen LogP contribution in [0.25, 0.3) is 0 Å². The van der Waals surface area contributed by atoms with E-state index in [0.717, 1.165) is 12.8 Å². The summed E-state index contributed by atoms with van der Waals surface area (Å²) >= 11 is 0. The normalized spacial score (nSPS) is 22.0. The van der Waals surface area contributed by atoms with Gasteiger partial charge in [-0.1, -0.05) is 18.2 Å². The summed E-state index contributed by atoms with van der Waals surface area (Å²) in [5, 5.41) is 0. The van der Waals surface area contributed by atoms with Gasteiger partial charge in [0.15, 0.2) is 0 Å². The number of hydrogen-bond donors (Lipinski definition) is 0. The van der Waals surface area contributed by atoms with E-state index in [2.05, 4.69) is 4.90 Å². The molecule has 0 amide bonds. The first-order valence-electron chi connectivity index (χ1n) is 7.12. The maximum absolute atomic E-state index is 11.9. The summed E-state index contributed by atoms with van der Waals surface area (Å²) in [4.78, 5) is 25.3. The van der Waals surface area contributed by atoms with Crippen molar-refractivity contribution >= 4 is 11.9 Å². The van der Waals surface area contributed by atoms with Crippen molar-refractivity contribution in [2.75, 3.05) is 20.8 Å². The molecule has 1 fully saturated rings. The van der Waals surface area contributed by atoms with Crippen LogP contribution in [0.5, 0.6) is 0 Å². The predicted molar refractivity (Wildman–Crippen MR) is 77.9 cm³/mol. The number of nitrogens with zero attached hydrogens (tertiary/aromatic N) is 1. The molecule has 1 aliphatic rings. The lowest BCUT2D eigenvalue weighted by Gasteiger charge is -2.24. The van der Waals surface area contributed by atoms with Crippen LogP contribution in [0.3, 0.4) is 0 Å². The highest BCUT2D eigenvalue weighted by atomic mass is 16.5. The van der Waals surface area contributed by atoms with Crippen molar-refractivity contribution in [2.24, 2.45) is 0 Å². The molecule has 5 heteroatoms. The lowest BCUT2D eigenvalue weighted by Crippen LogP contribution is -2.37. The minimum absolute atomic E-state index is 0.160. The summed E-state index contributed by atoms with van der Waals surface area (Å²) < 4.78 is 10.1. The SMILES string of the molecule is COC(=O)CC1CCC(COC(=O)c2ccccc2)N1C. The summed E-state index contributed by atoms with van der Waals surface area (Å²) in [7, 11) is 3.36. The van der Waals surface area contributed by atoms with Crippen LogP contribution in [-0.2, 0) is 14.3 Å². The maximum atomic E-state index is 11.9. The number of methoxy groups -OCH3 is 1. The molecule has 1 aliphatic heterocycles. The molecule has 0 aromatic heterocycles. The first-order chi connectivity index (χ1) is 10.1. The molecule has 5 nitrogen and oxygen atoms in total. The second kappa shape index (κ2) is 7.22. The van der Waals surface area contributed by atoms with Gasteiger partial charge in [0.2, 0.25) is 0 Å². The minimum atomic E-state index is -0.305. The summed E-state index contributed by atoms with van der Waals surface area (Å²) in [5.74, 6) is -0.505. The number of carbonyl (C=O) groups excluding carboxylic acids is 2. The first kappa shape index (κ1) is 15.5. The summed E-state index contributed by atoms with van der Waals surface area (Å²) in [6.07, 6.45) is 2.22. The third-order valence-corrected chi connectivity index (χ3v) is 4.03. The van der Waals surface area contributed by atoms with Gasteiger partial charge in [0.1, 0.15) is 6.61 Å². The Morgan fingerprint density at radius 2 is 1.86 bits per heavy atom. The molecule has 0 N–H and O–H groups in total. The van der Waals surface area contributed by atoms with Crippen molar-refractivity contribution in [1.82, 2.24) is 4.90 Å². The van der Waals surface area contributed by atoms with Gasteiger partial charge in [-0.3, -0.25) is 9.69 Å². The summed E-state index contributed by atoms with van der Waals surface area (Å²) in [6, 6.07) is 9.28. The van der Waals surface area contributed by atoms with Gasteiger partial charge in [0, 0.05) is 12.1 Å². The molecular weight excluding hydrogens is 270 g/mol. The number of carbonyl (C=O) groups is 2. The van der Waals surface area contributed by atoms with Crippen molar-refractivity contribution in [3.05, 3.63) is 35.9 Å². The van der Waals surface area contributed by atoms with Crippen LogP contribution in [0.1, 0.15) is 29.6 Å². The highest BCUT2D eigenvalue weighted by Crippen LogP contribution is 2.25. The Hall–Kier alpha value is -1.88. The van der Waals surface area contributed by atoms with Gasteiger partial charge < -0.3 is 9.47 Å². The van der Waals surface area contributed by atoms with Crippen molar-refractivity contribution in [3.63, 3.8) is 0 Å². The summed E-state index contributed by atoms with van der Waals surface area (Å²) in [6.45, 7) is 0.349. The Labute approximate surface area is 124 Å². The van der Waals surface area contributed by atoms with E-state index in [0.29, 0.717) is 18.6 Å². The first-order valence-corrected chi connectivity index (χ1v) is 7.12. The minimum Gasteiger partial charge on any atom is -0.469 e. The Morgan fingerprint density at radius 3 is 2.52 bits per heavy atom. The second-order valence-corrected chi connectivity index (χ2v) is 5.30. The monoisotopic (exact) mass is 291 g/mol. The molecule has 0 saturated carbocycles. The van der Waals surface area contributed by atoms with E-state index in [1.807, 2.05) is 25.2 Å². The fraction of sp³-hybridized carbons (Fsp3) is 0.500. The van der Waals surface area contributed by atoms with Crippen molar-refractivity contribution < 1.29 is 19.1 Å². The largest absolute Gasteiger partial charge is 0.469 e. The van der Waals surface area contributed by atoms with E-state index in [-0.39, 0.29) is 24.0 Å². The molecular formula is C16H21NO4. The molecule has 2 rings (SSSR count). The van der Waals surface area contributed by atoms with Crippen LogP contribution in [-0.4, -0.2) is 49.7 Å². The molecule has 1 aromatic rings. The average Bonchev–Trinajstić information content (AvgIpc) is 2.86. The van der Waals surface area contributed by atoms with Gasteiger partial charge in [-0.05, 0) is 32.0 Å². The lowest BCUT2D eigenvalue weighted by molar-refractivity contribution is -0.141. The van der Waals surface area contributed by atoms with Crippen molar-refractivity contribution in [2.45, 2.75) is 31.3 Å². The smallest absolute Gasteiger partial charge is 0.338 e. The zero-order valence-electron chi connectivity index (χ0n) is 12.5. The molecule has 0 aliphatic carbocycles. The van der Waals surface area contributed by atoms with Crippen molar-refractivity contribution in [1.29, 1.82) is 0 Å². The van der Waals surface area contributed by atoms with Crippen LogP contribution in [0.2, 0.25) is 0 Å². The van der Waals surface area contributed by atoms with Crippen LogP contribution in [0, 0.1) is 0 Å². The van der Waals surface area contributed by atoms with E-state index in [9.17, 15) is 9.59 Å². The molecule has 1 heterocycles. The van der Waals surface area contributed by atoms with E-state index in [1.54, 1.807) is 12.1 Å². The quantitative estimate of drug-likeness (QED) is 0.775. The maximum Gasteiger partial charge on any atom is 0.338 e. The molecule has 2 unspecified atom stereocenters. The van der Waals surface area contributed by atoms with E-state index < -0.39 is 0 Å². The van der Waals surface area contributed by atoms with E-state index in [4.69, 9.17) is 9.47 Å². The molecule has 0 bridgehead atoms. The van der Waals surface area contributed by atoms with E-state index in [1.165, 1.54) is 7.11 Å². The number of rotatable bonds is 5.